The number of benzene rings is 3. The second-order valence-electron chi connectivity index (χ2n) is 7.08. The van der Waals surface area contributed by atoms with Crippen LogP contribution in [0, 0.1) is 0 Å². The van der Waals surface area contributed by atoms with Gasteiger partial charge < -0.3 is 15.2 Å². The lowest BCUT2D eigenvalue weighted by Gasteiger charge is -2.39. The van der Waals surface area contributed by atoms with Crippen LogP contribution in [0.2, 0.25) is 0 Å². The SMILES string of the molecule is COc1ccc(C2=C([C@@H](O)CCc3ccccc3)NC2c2ccccc2)cc1. The highest BCUT2D eigenvalue weighted by atomic mass is 16.5. The van der Waals surface area contributed by atoms with Crippen molar-refractivity contribution in [3.05, 3.63) is 107 Å². The van der Waals surface area contributed by atoms with Gasteiger partial charge in [-0.2, -0.15) is 0 Å². The average molecular weight is 371 g/mol. The Morgan fingerprint density at radius 1 is 0.893 bits per heavy atom. The summed E-state index contributed by atoms with van der Waals surface area (Å²) in [6.45, 7) is 0. The number of aliphatic hydroxyl groups is 1. The lowest BCUT2D eigenvalue weighted by Crippen LogP contribution is -2.40. The minimum atomic E-state index is -0.516. The van der Waals surface area contributed by atoms with Gasteiger partial charge in [0.25, 0.3) is 0 Å². The van der Waals surface area contributed by atoms with E-state index in [0.717, 1.165) is 29.0 Å². The first-order valence-corrected chi connectivity index (χ1v) is 9.68. The number of nitrogens with one attached hydrogen (secondary N) is 1. The van der Waals surface area contributed by atoms with Gasteiger partial charge in [0.2, 0.25) is 0 Å². The van der Waals surface area contributed by atoms with Crippen molar-refractivity contribution in [1.29, 1.82) is 0 Å². The third-order valence-electron chi connectivity index (χ3n) is 5.30. The summed E-state index contributed by atoms with van der Waals surface area (Å²) in [5, 5.41) is 14.4. The molecule has 0 fully saturated rings. The Morgan fingerprint density at radius 2 is 1.54 bits per heavy atom. The smallest absolute Gasteiger partial charge is 0.118 e. The highest BCUT2D eigenvalue weighted by molar-refractivity contribution is 5.79. The van der Waals surface area contributed by atoms with Crippen LogP contribution in [0.25, 0.3) is 5.57 Å². The number of ether oxygens (including phenoxy) is 1. The van der Waals surface area contributed by atoms with Crippen LogP contribution >= 0.6 is 0 Å². The van der Waals surface area contributed by atoms with Crippen LogP contribution in [0.3, 0.4) is 0 Å². The molecule has 1 aliphatic heterocycles. The number of hydrogen-bond donors (Lipinski definition) is 2. The van der Waals surface area contributed by atoms with Crippen molar-refractivity contribution in [2.75, 3.05) is 7.11 Å². The van der Waals surface area contributed by atoms with Gasteiger partial charge >= 0.3 is 0 Å². The van der Waals surface area contributed by atoms with Gasteiger partial charge in [-0.15, -0.1) is 0 Å². The molecule has 1 heterocycles. The van der Waals surface area contributed by atoms with Gasteiger partial charge in [-0.3, -0.25) is 0 Å². The molecule has 0 aromatic heterocycles. The van der Waals surface area contributed by atoms with Crippen molar-refractivity contribution in [3.63, 3.8) is 0 Å². The van der Waals surface area contributed by atoms with Gasteiger partial charge in [0, 0.05) is 11.3 Å². The van der Waals surface area contributed by atoms with E-state index in [2.05, 4.69) is 41.7 Å². The largest absolute Gasteiger partial charge is 0.497 e. The summed E-state index contributed by atoms with van der Waals surface area (Å²) in [5.41, 5.74) is 5.64. The first kappa shape index (κ1) is 18.3. The van der Waals surface area contributed by atoms with Gasteiger partial charge in [-0.1, -0.05) is 72.8 Å². The molecular formula is C25H25NO2. The number of hydrogen-bond acceptors (Lipinski definition) is 3. The molecule has 0 bridgehead atoms. The molecule has 28 heavy (non-hydrogen) atoms. The van der Waals surface area contributed by atoms with E-state index in [1.807, 2.05) is 48.5 Å². The zero-order chi connectivity index (χ0) is 19.3. The van der Waals surface area contributed by atoms with Crippen LogP contribution in [0.1, 0.15) is 29.2 Å². The number of aryl methyl sites for hydroxylation is 1. The highest BCUT2D eigenvalue weighted by Crippen LogP contribution is 2.42. The van der Waals surface area contributed by atoms with Crippen LogP contribution < -0.4 is 10.1 Å². The zero-order valence-corrected chi connectivity index (χ0v) is 16.0. The molecule has 3 aromatic carbocycles. The Hall–Kier alpha value is -3.04. The molecule has 0 spiro atoms. The molecule has 1 unspecified atom stereocenters. The summed E-state index contributed by atoms with van der Waals surface area (Å²) in [6, 6.07) is 28.8. The zero-order valence-electron chi connectivity index (χ0n) is 16.0. The van der Waals surface area contributed by atoms with Crippen molar-refractivity contribution >= 4 is 5.57 Å². The molecule has 0 aliphatic carbocycles. The third kappa shape index (κ3) is 3.80. The van der Waals surface area contributed by atoms with Crippen molar-refractivity contribution in [2.24, 2.45) is 0 Å². The summed E-state index contributed by atoms with van der Waals surface area (Å²) < 4.78 is 5.29. The maximum Gasteiger partial charge on any atom is 0.118 e. The predicted octanol–water partition coefficient (Wildman–Crippen LogP) is 4.74. The lowest BCUT2D eigenvalue weighted by atomic mass is 9.82. The standard InChI is InChI=1S/C25H25NO2/c1-28-21-15-13-19(14-16-21)23-24(20-10-6-3-7-11-20)26-25(23)22(27)17-12-18-8-4-2-5-9-18/h2-11,13-16,22,24,26-27H,12,17H2,1H3/t22-,24?/m0/s1. The fraction of sp³-hybridized carbons (Fsp3) is 0.200. The first-order chi connectivity index (χ1) is 13.8. The molecule has 3 heteroatoms. The van der Waals surface area contributed by atoms with Crippen molar-refractivity contribution in [2.45, 2.75) is 25.0 Å². The molecule has 3 nitrogen and oxygen atoms in total. The van der Waals surface area contributed by atoms with Gasteiger partial charge in [0.15, 0.2) is 0 Å². The monoisotopic (exact) mass is 371 g/mol. The van der Waals surface area contributed by atoms with Gasteiger partial charge in [-0.25, -0.2) is 0 Å². The molecule has 0 amide bonds. The Bertz CT molecular complexity index is 933. The summed E-state index contributed by atoms with van der Waals surface area (Å²) in [7, 11) is 1.67. The highest BCUT2D eigenvalue weighted by Gasteiger charge is 2.34. The molecule has 3 aromatic rings. The minimum Gasteiger partial charge on any atom is -0.497 e. The van der Waals surface area contributed by atoms with Gasteiger partial charge in [-0.05, 0) is 41.7 Å². The second kappa shape index (κ2) is 8.32. The Kier molecular flexibility index (Phi) is 5.45. The third-order valence-corrected chi connectivity index (χ3v) is 5.30. The normalized spacial score (nSPS) is 16.9. The number of rotatable bonds is 7. The maximum atomic E-state index is 10.9. The average Bonchev–Trinajstić information content (AvgIpc) is 2.74. The molecule has 4 rings (SSSR count). The molecule has 0 radical (unpaired) electrons. The van der Waals surface area contributed by atoms with E-state index in [1.54, 1.807) is 7.11 Å². The van der Waals surface area contributed by atoms with Crippen LogP contribution in [-0.4, -0.2) is 18.3 Å². The summed E-state index contributed by atoms with van der Waals surface area (Å²) >= 11 is 0. The van der Waals surface area contributed by atoms with Crippen molar-refractivity contribution in [1.82, 2.24) is 5.32 Å². The molecule has 0 saturated carbocycles. The summed E-state index contributed by atoms with van der Waals surface area (Å²) in [5.74, 6) is 0.832. The summed E-state index contributed by atoms with van der Waals surface area (Å²) in [6.07, 6.45) is 1.02. The van der Waals surface area contributed by atoms with E-state index in [4.69, 9.17) is 4.74 Å². The van der Waals surface area contributed by atoms with Gasteiger partial charge in [0.05, 0.1) is 19.3 Å². The Balaban J connectivity index is 1.60. The van der Waals surface area contributed by atoms with Gasteiger partial charge in [0.1, 0.15) is 5.75 Å². The fourth-order valence-corrected chi connectivity index (χ4v) is 3.74. The number of methoxy groups -OCH3 is 1. The molecule has 1 aliphatic rings. The van der Waals surface area contributed by atoms with Crippen LogP contribution in [0.15, 0.2) is 90.6 Å². The van der Waals surface area contributed by atoms with E-state index < -0.39 is 6.10 Å². The molecule has 2 N–H and O–H groups in total. The quantitative estimate of drug-likeness (QED) is 0.630. The maximum absolute atomic E-state index is 10.9. The van der Waals surface area contributed by atoms with Crippen LogP contribution in [-0.2, 0) is 6.42 Å². The van der Waals surface area contributed by atoms with E-state index in [1.165, 1.54) is 11.1 Å². The Morgan fingerprint density at radius 3 is 2.18 bits per heavy atom. The molecule has 2 atom stereocenters. The molecule has 142 valence electrons. The molecular weight excluding hydrogens is 346 g/mol. The van der Waals surface area contributed by atoms with E-state index in [-0.39, 0.29) is 6.04 Å². The summed E-state index contributed by atoms with van der Waals surface area (Å²) in [4.78, 5) is 0. The predicted molar refractivity (Wildman–Crippen MR) is 113 cm³/mol. The lowest BCUT2D eigenvalue weighted by molar-refractivity contribution is 0.185. The topological polar surface area (TPSA) is 41.5 Å². The number of aliphatic hydroxyl groups excluding tert-OH is 1. The second-order valence-corrected chi connectivity index (χ2v) is 7.08. The van der Waals surface area contributed by atoms with Crippen molar-refractivity contribution < 1.29 is 9.84 Å². The van der Waals surface area contributed by atoms with Crippen LogP contribution in [0.5, 0.6) is 5.75 Å². The minimum absolute atomic E-state index is 0.0935. The van der Waals surface area contributed by atoms with E-state index in [0.29, 0.717) is 6.42 Å². The van der Waals surface area contributed by atoms with E-state index >= 15 is 0 Å². The van der Waals surface area contributed by atoms with Crippen molar-refractivity contribution in [3.8, 4) is 5.75 Å². The molecule has 0 saturated heterocycles. The first-order valence-electron chi connectivity index (χ1n) is 9.68. The van der Waals surface area contributed by atoms with E-state index in [9.17, 15) is 5.11 Å². The Labute approximate surface area is 166 Å². The fourth-order valence-electron chi connectivity index (χ4n) is 3.74. The van der Waals surface area contributed by atoms with Crippen LogP contribution in [0.4, 0.5) is 0 Å².